The van der Waals surface area contributed by atoms with E-state index in [2.05, 4.69) is 94.6 Å². The van der Waals surface area contributed by atoms with Crippen molar-refractivity contribution >= 4 is 87.0 Å². The average molecular weight is 868 g/mol. The van der Waals surface area contributed by atoms with Crippen molar-refractivity contribution in [3.8, 4) is 5.75 Å². The van der Waals surface area contributed by atoms with E-state index in [-0.39, 0.29) is 30.9 Å². The molecule has 2 aromatic rings. The van der Waals surface area contributed by atoms with Crippen LogP contribution in [0, 0.1) is 0 Å². The number of aromatic nitrogens is 2. The molecule has 2 atom stereocenters. The number of H-pyrrole nitrogens is 1. The minimum Gasteiger partial charge on any atom is -0.495 e. The molecule has 1 aliphatic carbocycles. The molecule has 0 fully saturated rings. The van der Waals surface area contributed by atoms with E-state index < -0.39 is 23.5 Å². The Morgan fingerprint density at radius 1 is 1.20 bits per heavy atom. The lowest BCUT2D eigenvalue weighted by Gasteiger charge is -2.33. The van der Waals surface area contributed by atoms with E-state index in [4.69, 9.17) is 14.3 Å². The van der Waals surface area contributed by atoms with Crippen LogP contribution in [-0.4, -0.2) is 82.0 Å². The molecule has 17 heteroatoms. The Balaban J connectivity index is 1.21. The highest BCUT2D eigenvalue weighted by Crippen LogP contribution is 2.44. The van der Waals surface area contributed by atoms with Gasteiger partial charge in [0, 0.05) is 44.2 Å². The summed E-state index contributed by atoms with van der Waals surface area (Å²) in [6.45, 7) is 0.953. The largest absolute Gasteiger partial charge is 0.495 e. The van der Waals surface area contributed by atoms with Gasteiger partial charge in [0.1, 0.15) is 29.0 Å². The zero-order valence-electron chi connectivity index (χ0n) is 23.2. The smallest absolute Gasteiger partial charge is 0.269 e. The monoisotopic (exact) mass is 864 g/mol. The molecule has 2 amide bonds. The van der Waals surface area contributed by atoms with Crippen LogP contribution >= 0.6 is 63.7 Å². The van der Waals surface area contributed by atoms with Gasteiger partial charge in [0.15, 0.2) is 5.60 Å². The van der Waals surface area contributed by atoms with Crippen LogP contribution in [0.5, 0.6) is 5.75 Å². The SMILES string of the molecule is COC1=C(Br)[C@@H](O)[C@]2(C=C1Br)CC(C(=O)NCCCOc1c(Br)cc(C/C(=N/O)C(=O)NCCc3cnc[nH]3)cc1Br)=NO2. The second-order valence-electron chi connectivity index (χ2n) is 9.69. The van der Waals surface area contributed by atoms with Crippen LogP contribution in [0.3, 0.4) is 0 Å². The van der Waals surface area contributed by atoms with Crippen molar-refractivity contribution in [2.75, 3.05) is 26.8 Å². The molecule has 4 rings (SSSR count). The summed E-state index contributed by atoms with van der Waals surface area (Å²) in [5.41, 5.74) is 0.480. The van der Waals surface area contributed by atoms with Crippen LogP contribution in [0.4, 0.5) is 0 Å². The number of hydrogen-bond donors (Lipinski definition) is 5. The number of nitrogens with zero attached hydrogens (tertiary/aromatic N) is 3. The van der Waals surface area contributed by atoms with Crippen LogP contribution < -0.4 is 15.4 Å². The standard InChI is InChI=1S/C27H28Br4N6O7/c1-42-23-18(30)10-27(24(38)21(23)31)11-20(37-44-27)26(40)33-4-2-6-43-22-16(28)7-14(8-17(22)29)9-19(36-41)25(39)34-5-3-15-12-32-13-35-15/h7-8,10,12-13,24,38,41H,2-6,9,11H2,1H3,(H,32,35)(H,33,40)(H,34,39)/b36-19-/t24-,27+/m1/s1. The topological polar surface area (TPSA) is 180 Å². The third-order valence-corrected chi connectivity index (χ3v) is 9.20. The third kappa shape index (κ3) is 8.10. The fourth-order valence-electron chi connectivity index (χ4n) is 4.41. The third-order valence-electron chi connectivity index (χ3n) is 6.64. The molecule has 2 heterocycles. The van der Waals surface area contributed by atoms with E-state index >= 15 is 0 Å². The van der Waals surface area contributed by atoms with E-state index in [1.54, 1.807) is 30.7 Å². The molecular weight excluding hydrogens is 840 g/mol. The van der Waals surface area contributed by atoms with Gasteiger partial charge >= 0.3 is 0 Å². The maximum atomic E-state index is 12.7. The van der Waals surface area contributed by atoms with Gasteiger partial charge in [0.05, 0.1) is 38.0 Å². The van der Waals surface area contributed by atoms with Crippen molar-refractivity contribution in [1.29, 1.82) is 0 Å². The van der Waals surface area contributed by atoms with Crippen molar-refractivity contribution < 1.29 is 34.2 Å². The zero-order chi connectivity index (χ0) is 31.9. The fourth-order valence-corrected chi connectivity index (χ4v) is 7.71. The summed E-state index contributed by atoms with van der Waals surface area (Å²) >= 11 is 13.7. The van der Waals surface area contributed by atoms with E-state index in [1.807, 2.05) is 0 Å². The van der Waals surface area contributed by atoms with Gasteiger partial charge in [-0.2, -0.15) is 0 Å². The lowest BCUT2D eigenvalue weighted by molar-refractivity contribution is -0.115. The van der Waals surface area contributed by atoms with Crippen molar-refractivity contribution in [1.82, 2.24) is 20.6 Å². The molecule has 1 aromatic heterocycles. The summed E-state index contributed by atoms with van der Waals surface area (Å²) in [6, 6.07) is 3.54. The number of allylic oxidation sites excluding steroid dienone is 1. The van der Waals surface area contributed by atoms with Crippen molar-refractivity contribution in [3.05, 3.63) is 65.7 Å². The van der Waals surface area contributed by atoms with E-state index in [1.165, 1.54) is 7.11 Å². The number of carbonyl (C=O) groups excluding carboxylic acids is 2. The predicted molar refractivity (Wildman–Crippen MR) is 175 cm³/mol. The Kier molecular flexibility index (Phi) is 12.0. The number of aliphatic hydroxyl groups excluding tert-OH is 1. The minimum absolute atomic E-state index is 0.0357. The fraction of sp³-hybridized carbons (Fsp3) is 0.370. The highest BCUT2D eigenvalue weighted by molar-refractivity contribution is 9.12. The first-order chi connectivity index (χ1) is 21.1. The zero-order valence-corrected chi connectivity index (χ0v) is 29.5. The number of hydrogen-bond acceptors (Lipinski definition) is 10. The molecule has 0 bridgehead atoms. The number of rotatable bonds is 13. The second-order valence-corrected chi connectivity index (χ2v) is 13.1. The van der Waals surface area contributed by atoms with Gasteiger partial charge in [-0.15, -0.1) is 0 Å². The molecule has 0 radical (unpaired) electrons. The van der Waals surface area contributed by atoms with Crippen LogP contribution in [0.25, 0.3) is 0 Å². The highest BCUT2D eigenvalue weighted by atomic mass is 79.9. The van der Waals surface area contributed by atoms with Crippen LogP contribution in [0.2, 0.25) is 0 Å². The van der Waals surface area contributed by atoms with E-state index in [9.17, 15) is 19.9 Å². The Morgan fingerprint density at radius 2 is 1.95 bits per heavy atom. The van der Waals surface area contributed by atoms with E-state index in [0.717, 1.165) is 5.69 Å². The number of halogens is 4. The summed E-state index contributed by atoms with van der Waals surface area (Å²) in [5, 5.41) is 32.8. The number of carbonyl (C=O) groups is 2. The van der Waals surface area contributed by atoms with Gasteiger partial charge in [-0.25, -0.2) is 4.98 Å². The van der Waals surface area contributed by atoms with Gasteiger partial charge in [-0.1, -0.05) is 10.3 Å². The lowest BCUT2D eigenvalue weighted by atomic mass is 9.87. The normalized spacial score (nSPS) is 19.8. The molecule has 236 valence electrons. The van der Waals surface area contributed by atoms with Crippen LogP contribution in [0.15, 0.2) is 64.7 Å². The Hall–Kier alpha value is -2.73. The van der Waals surface area contributed by atoms with Gasteiger partial charge in [-0.3, -0.25) is 9.59 Å². The number of oxime groups is 2. The molecular formula is C27H28Br4N6O7. The number of methoxy groups -OCH3 is 1. The molecule has 2 aliphatic rings. The number of amides is 2. The van der Waals surface area contributed by atoms with Crippen LogP contribution in [0.1, 0.15) is 24.1 Å². The van der Waals surface area contributed by atoms with Gasteiger partial charge in [0.2, 0.25) is 0 Å². The number of aromatic amines is 1. The maximum absolute atomic E-state index is 12.7. The lowest BCUT2D eigenvalue weighted by Crippen LogP contribution is -2.45. The molecule has 1 spiro atoms. The van der Waals surface area contributed by atoms with Gasteiger partial charge in [0.25, 0.3) is 11.8 Å². The summed E-state index contributed by atoms with van der Waals surface area (Å²) < 4.78 is 13.4. The number of imidazole rings is 1. The van der Waals surface area contributed by atoms with Crippen molar-refractivity contribution in [2.45, 2.75) is 37.4 Å². The van der Waals surface area contributed by atoms with Gasteiger partial charge < -0.3 is 40.2 Å². The molecule has 1 aromatic carbocycles. The van der Waals surface area contributed by atoms with Crippen molar-refractivity contribution in [2.24, 2.45) is 10.3 Å². The molecule has 1 aliphatic heterocycles. The number of benzene rings is 1. The summed E-state index contributed by atoms with van der Waals surface area (Å²) in [7, 11) is 1.48. The van der Waals surface area contributed by atoms with Crippen molar-refractivity contribution in [3.63, 3.8) is 0 Å². The number of nitrogens with one attached hydrogen (secondary N) is 3. The predicted octanol–water partition coefficient (Wildman–Crippen LogP) is 3.97. The molecule has 0 saturated heterocycles. The maximum Gasteiger partial charge on any atom is 0.269 e. The Labute approximate surface area is 286 Å². The average Bonchev–Trinajstić information content (AvgIpc) is 3.67. The van der Waals surface area contributed by atoms with Crippen LogP contribution in [-0.2, 0) is 32.0 Å². The number of aliphatic hydroxyl groups is 1. The molecule has 0 unspecified atom stereocenters. The Morgan fingerprint density at radius 3 is 2.61 bits per heavy atom. The minimum atomic E-state index is -1.23. The summed E-state index contributed by atoms with van der Waals surface area (Å²) in [6.07, 6.45) is 4.98. The first kappa shape index (κ1) is 34.1. The van der Waals surface area contributed by atoms with Gasteiger partial charge in [-0.05, 0) is 93.9 Å². The molecule has 13 nitrogen and oxygen atoms in total. The highest BCUT2D eigenvalue weighted by Gasteiger charge is 2.50. The van der Waals surface area contributed by atoms with E-state index in [0.29, 0.717) is 60.9 Å². The summed E-state index contributed by atoms with van der Waals surface area (Å²) in [4.78, 5) is 37.6. The second kappa shape index (κ2) is 15.5. The molecule has 44 heavy (non-hydrogen) atoms. The summed E-state index contributed by atoms with van der Waals surface area (Å²) in [5.74, 6) is 0.0901. The quantitative estimate of drug-likeness (QED) is 0.0869. The number of ether oxygens (including phenoxy) is 2. The first-order valence-corrected chi connectivity index (χ1v) is 16.4. The molecule has 0 saturated carbocycles. The first-order valence-electron chi connectivity index (χ1n) is 13.2. The molecule has 5 N–H and O–H groups in total. The Bertz CT molecular complexity index is 1490.